The van der Waals surface area contributed by atoms with Gasteiger partial charge in [0.05, 0.1) is 6.61 Å². The van der Waals surface area contributed by atoms with Gasteiger partial charge < -0.3 is 9.47 Å². The summed E-state index contributed by atoms with van der Waals surface area (Å²) in [5.41, 5.74) is 2.83. The molecule has 0 bridgehead atoms. The van der Waals surface area contributed by atoms with Crippen LogP contribution in [0.15, 0.2) is 35.9 Å². The second-order valence-corrected chi connectivity index (χ2v) is 11.6. The third kappa shape index (κ3) is 8.32. The van der Waals surface area contributed by atoms with Crippen LogP contribution in [0.25, 0.3) is 0 Å². The van der Waals surface area contributed by atoms with Crippen molar-refractivity contribution < 1.29 is 19.1 Å². The summed E-state index contributed by atoms with van der Waals surface area (Å²) in [5.74, 6) is -0.867. The summed E-state index contributed by atoms with van der Waals surface area (Å²) >= 11 is 0. The van der Waals surface area contributed by atoms with E-state index in [4.69, 9.17) is 9.47 Å². The number of benzene rings is 1. The van der Waals surface area contributed by atoms with Crippen molar-refractivity contribution in [2.45, 2.75) is 99.0 Å². The normalized spacial score (nSPS) is 20.6. The maximum absolute atomic E-state index is 13.0. The van der Waals surface area contributed by atoms with E-state index in [1.165, 1.54) is 17.5 Å². The van der Waals surface area contributed by atoms with Gasteiger partial charge in [-0.2, -0.15) is 0 Å². The van der Waals surface area contributed by atoms with Gasteiger partial charge in [-0.25, -0.2) is 9.59 Å². The van der Waals surface area contributed by atoms with Crippen LogP contribution in [0.4, 0.5) is 0 Å². The average Bonchev–Trinajstić information content (AvgIpc) is 2.71. The van der Waals surface area contributed by atoms with Crippen molar-refractivity contribution in [2.75, 3.05) is 6.61 Å². The molecule has 0 N–H and O–H groups in total. The zero-order chi connectivity index (χ0) is 24.8. The zero-order valence-electron chi connectivity index (χ0n) is 22.0. The van der Waals surface area contributed by atoms with Crippen LogP contribution in [0.5, 0.6) is 0 Å². The standard InChI is InChI=1S/C29H44O4/c1-9-32-26(30)25(27(31)33-21(3)23-11-10-16-29(7,8)19-23)18-20(2)17-22-12-14-24(15-13-22)28(4,5)6/h12-15,18,20-21,23H,9-11,16-17,19H2,1-8H3. The summed E-state index contributed by atoms with van der Waals surface area (Å²) in [7, 11) is 0. The van der Waals surface area contributed by atoms with Crippen molar-refractivity contribution in [3.05, 3.63) is 47.0 Å². The molecule has 0 heterocycles. The topological polar surface area (TPSA) is 52.6 Å². The number of allylic oxidation sites excluding steroid dienone is 1. The molecule has 0 aliphatic heterocycles. The largest absolute Gasteiger partial charge is 0.462 e. The lowest BCUT2D eigenvalue weighted by molar-refractivity contribution is -0.152. The number of carbonyl (C=O) groups excluding carboxylic acids is 2. The van der Waals surface area contributed by atoms with E-state index in [-0.39, 0.29) is 35.0 Å². The first kappa shape index (κ1) is 27.1. The van der Waals surface area contributed by atoms with E-state index >= 15 is 0 Å². The Balaban J connectivity index is 2.12. The van der Waals surface area contributed by atoms with Crippen LogP contribution in [0, 0.1) is 17.3 Å². The van der Waals surface area contributed by atoms with Gasteiger partial charge in [0.1, 0.15) is 11.7 Å². The zero-order valence-corrected chi connectivity index (χ0v) is 22.0. The van der Waals surface area contributed by atoms with E-state index in [1.54, 1.807) is 13.0 Å². The second kappa shape index (κ2) is 11.4. The summed E-state index contributed by atoms with van der Waals surface area (Å²) in [4.78, 5) is 25.6. The molecule has 33 heavy (non-hydrogen) atoms. The van der Waals surface area contributed by atoms with E-state index in [0.29, 0.717) is 5.92 Å². The quantitative estimate of drug-likeness (QED) is 0.187. The maximum atomic E-state index is 13.0. The summed E-state index contributed by atoms with van der Waals surface area (Å²) in [6.07, 6.45) is 6.65. The van der Waals surface area contributed by atoms with E-state index in [9.17, 15) is 9.59 Å². The number of hydrogen-bond acceptors (Lipinski definition) is 4. The Morgan fingerprint density at radius 2 is 1.76 bits per heavy atom. The Bertz CT molecular complexity index is 826. The predicted octanol–water partition coefficient (Wildman–Crippen LogP) is 6.80. The summed E-state index contributed by atoms with van der Waals surface area (Å²) in [6.45, 7) is 17.1. The Morgan fingerprint density at radius 1 is 1.12 bits per heavy atom. The first-order chi connectivity index (χ1) is 15.3. The highest BCUT2D eigenvalue weighted by atomic mass is 16.6. The van der Waals surface area contributed by atoms with Gasteiger partial charge in [0, 0.05) is 0 Å². The molecule has 184 valence electrons. The monoisotopic (exact) mass is 456 g/mol. The van der Waals surface area contributed by atoms with Crippen molar-refractivity contribution >= 4 is 11.9 Å². The molecule has 3 atom stereocenters. The van der Waals surface area contributed by atoms with E-state index in [0.717, 1.165) is 25.7 Å². The maximum Gasteiger partial charge on any atom is 0.345 e. The fourth-order valence-electron chi connectivity index (χ4n) is 4.77. The van der Waals surface area contributed by atoms with Crippen molar-refractivity contribution in [1.29, 1.82) is 0 Å². The highest BCUT2D eigenvalue weighted by molar-refractivity contribution is 6.14. The van der Waals surface area contributed by atoms with Crippen molar-refractivity contribution in [3.63, 3.8) is 0 Å². The Morgan fingerprint density at radius 3 is 2.30 bits per heavy atom. The van der Waals surface area contributed by atoms with Crippen LogP contribution in [0.2, 0.25) is 0 Å². The van der Waals surface area contributed by atoms with Crippen molar-refractivity contribution in [3.8, 4) is 0 Å². The van der Waals surface area contributed by atoms with Crippen LogP contribution < -0.4 is 0 Å². The molecule has 1 aliphatic rings. The molecule has 4 heteroatoms. The smallest absolute Gasteiger partial charge is 0.345 e. The first-order valence-corrected chi connectivity index (χ1v) is 12.5. The molecule has 3 unspecified atom stereocenters. The van der Waals surface area contributed by atoms with Gasteiger partial charge in [-0.15, -0.1) is 0 Å². The van der Waals surface area contributed by atoms with Crippen LogP contribution in [0.1, 0.15) is 92.2 Å². The van der Waals surface area contributed by atoms with Gasteiger partial charge in [0.25, 0.3) is 0 Å². The van der Waals surface area contributed by atoms with Gasteiger partial charge in [0.15, 0.2) is 0 Å². The molecule has 0 amide bonds. The number of ether oxygens (including phenoxy) is 2. The second-order valence-electron chi connectivity index (χ2n) is 11.6. The van der Waals surface area contributed by atoms with Gasteiger partial charge in [0.2, 0.25) is 0 Å². The average molecular weight is 457 g/mol. The number of carbonyl (C=O) groups is 2. The van der Waals surface area contributed by atoms with Crippen LogP contribution in [-0.4, -0.2) is 24.6 Å². The lowest BCUT2D eigenvalue weighted by Crippen LogP contribution is -2.33. The van der Waals surface area contributed by atoms with Gasteiger partial charge in [-0.1, -0.05) is 78.3 Å². The number of hydrogen-bond donors (Lipinski definition) is 0. The number of esters is 2. The van der Waals surface area contributed by atoms with E-state index in [1.807, 2.05) is 13.8 Å². The van der Waals surface area contributed by atoms with Crippen molar-refractivity contribution in [2.24, 2.45) is 17.3 Å². The Hall–Kier alpha value is -2.10. The Labute approximate surface area is 201 Å². The SMILES string of the molecule is CCOC(=O)C(=CC(C)Cc1ccc(C(C)(C)C)cc1)C(=O)OC(C)C1CCCC(C)(C)C1. The highest BCUT2D eigenvalue weighted by Crippen LogP contribution is 2.40. The molecule has 0 saturated heterocycles. The first-order valence-electron chi connectivity index (χ1n) is 12.5. The minimum atomic E-state index is -0.603. The molecule has 1 aromatic rings. The van der Waals surface area contributed by atoms with Crippen molar-refractivity contribution in [1.82, 2.24) is 0 Å². The molecule has 2 rings (SSSR count). The summed E-state index contributed by atoms with van der Waals surface area (Å²) in [5, 5.41) is 0. The molecule has 0 spiro atoms. The minimum absolute atomic E-state index is 0.0116. The third-order valence-corrected chi connectivity index (χ3v) is 6.74. The molecule has 0 radical (unpaired) electrons. The number of rotatable bonds is 8. The minimum Gasteiger partial charge on any atom is -0.462 e. The third-order valence-electron chi connectivity index (χ3n) is 6.74. The lowest BCUT2D eigenvalue weighted by atomic mass is 9.71. The van der Waals surface area contributed by atoms with Crippen LogP contribution in [-0.2, 0) is 30.9 Å². The lowest BCUT2D eigenvalue weighted by Gasteiger charge is -2.37. The molecule has 4 nitrogen and oxygen atoms in total. The van der Waals surface area contributed by atoms with Gasteiger partial charge >= 0.3 is 11.9 Å². The summed E-state index contributed by atoms with van der Waals surface area (Å²) in [6, 6.07) is 8.56. The molecule has 1 saturated carbocycles. The fraction of sp³-hybridized carbons (Fsp3) is 0.655. The molecule has 0 aromatic heterocycles. The van der Waals surface area contributed by atoms with Crippen LogP contribution >= 0.6 is 0 Å². The molecule has 1 aliphatic carbocycles. The van der Waals surface area contributed by atoms with E-state index in [2.05, 4.69) is 58.9 Å². The van der Waals surface area contributed by atoms with Gasteiger partial charge in [-0.05, 0) is 73.3 Å². The highest BCUT2D eigenvalue weighted by Gasteiger charge is 2.34. The molecule has 1 aromatic carbocycles. The fourth-order valence-corrected chi connectivity index (χ4v) is 4.77. The summed E-state index contributed by atoms with van der Waals surface area (Å²) < 4.78 is 11.0. The van der Waals surface area contributed by atoms with E-state index < -0.39 is 11.9 Å². The predicted molar refractivity (Wildman–Crippen MR) is 134 cm³/mol. The molecule has 1 fully saturated rings. The molecular formula is C29H44O4. The van der Waals surface area contributed by atoms with Crippen LogP contribution in [0.3, 0.4) is 0 Å². The Kier molecular flexibility index (Phi) is 9.34. The molecular weight excluding hydrogens is 412 g/mol. The van der Waals surface area contributed by atoms with Gasteiger partial charge in [-0.3, -0.25) is 0 Å².